The van der Waals surface area contributed by atoms with E-state index < -0.39 is 10.0 Å². The van der Waals surface area contributed by atoms with Crippen LogP contribution in [0.3, 0.4) is 0 Å². The van der Waals surface area contributed by atoms with E-state index in [1.807, 2.05) is 42.5 Å². The molecule has 6 nitrogen and oxygen atoms in total. The number of amides is 1. The van der Waals surface area contributed by atoms with Gasteiger partial charge in [-0.05, 0) is 41.8 Å². The van der Waals surface area contributed by atoms with Crippen LogP contribution in [0.1, 0.15) is 18.1 Å². The summed E-state index contributed by atoms with van der Waals surface area (Å²) >= 11 is 0. The smallest absolute Gasteiger partial charge is 0.261 e. The van der Waals surface area contributed by atoms with Crippen LogP contribution in [0, 0.1) is 0 Å². The number of anilines is 2. The van der Waals surface area contributed by atoms with Gasteiger partial charge in [0.15, 0.2) is 0 Å². The van der Waals surface area contributed by atoms with E-state index in [-0.39, 0.29) is 10.8 Å². The second-order valence-electron chi connectivity index (χ2n) is 6.47. The van der Waals surface area contributed by atoms with Crippen molar-refractivity contribution >= 4 is 27.3 Å². The molecule has 2 N–H and O–H groups in total. The van der Waals surface area contributed by atoms with E-state index in [2.05, 4.69) is 10.0 Å². The molecule has 0 aliphatic rings. The Balaban J connectivity index is 1.91. The van der Waals surface area contributed by atoms with Gasteiger partial charge in [0.2, 0.25) is 5.91 Å². The average molecular weight is 410 g/mol. The highest BCUT2D eigenvalue weighted by atomic mass is 32.2. The Kier molecular flexibility index (Phi) is 6.19. The zero-order valence-electron chi connectivity index (χ0n) is 16.2. The van der Waals surface area contributed by atoms with Crippen molar-refractivity contribution in [3.8, 4) is 5.75 Å². The molecule has 0 saturated heterocycles. The van der Waals surface area contributed by atoms with Crippen molar-refractivity contribution in [3.05, 3.63) is 83.9 Å². The predicted octanol–water partition coefficient (Wildman–Crippen LogP) is 4.05. The third kappa shape index (κ3) is 5.14. The van der Waals surface area contributed by atoms with Crippen LogP contribution >= 0.6 is 0 Å². The van der Waals surface area contributed by atoms with Gasteiger partial charge in [0.25, 0.3) is 10.0 Å². The summed E-state index contributed by atoms with van der Waals surface area (Å²) in [5, 5.41) is 2.59. The van der Waals surface area contributed by atoms with E-state index in [0.717, 1.165) is 11.1 Å². The van der Waals surface area contributed by atoms with Crippen LogP contribution in [0.4, 0.5) is 11.4 Å². The molecule has 0 aromatic heterocycles. The van der Waals surface area contributed by atoms with Gasteiger partial charge < -0.3 is 10.1 Å². The summed E-state index contributed by atoms with van der Waals surface area (Å²) in [4.78, 5) is 11.4. The summed E-state index contributed by atoms with van der Waals surface area (Å²) in [6.45, 7) is 1.35. The molecule has 0 aliphatic carbocycles. The molecule has 0 bridgehead atoms. The van der Waals surface area contributed by atoms with Crippen LogP contribution < -0.4 is 14.8 Å². The van der Waals surface area contributed by atoms with Gasteiger partial charge in [0.1, 0.15) is 5.75 Å². The van der Waals surface area contributed by atoms with Gasteiger partial charge in [-0.1, -0.05) is 48.5 Å². The van der Waals surface area contributed by atoms with Crippen LogP contribution in [0.15, 0.2) is 77.7 Å². The quantitative estimate of drug-likeness (QED) is 0.616. The number of methoxy groups -OCH3 is 1. The molecule has 0 fully saturated rings. The van der Waals surface area contributed by atoms with E-state index in [4.69, 9.17) is 4.74 Å². The summed E-state index contributed by atoms with van der Waals surface area (Å²) in [5.74, 6) is 0.0580. The maximum atomic E-state index is 13.0. The summed E-state index contributed by atoms with van der Waals surface area (Å²) in [7, 11) is -2.42. The molecule has 0 spiro atoms. The topological polar surface area (TPSA) is 84.5 Å². The van der Waals surface area contributed by atoms with Crippen molar-refractivity contribution in [1.82, 2.24) is 0 Å². The van der Waals surface area contributed by atoms with E-state index in [9.17, 15) is 13.2 Å². The van der Waals surface area contributed by atoms with E-state index in [1.165, 1.54) is 32.2 Å². The Labute approximate surface area is 170 Å². The summed E-state index contributed by atoms with van der Waals surface area (Å²) in [6.07, 6.45) is 0.597. The molecule has 7 heteroatoms. The number of carbonyl (C=O) groups is 1. The number of rotatable bonds is 7. The molecular formula is C22H22N2O4S. The maximum absolute atomic E-state index is 13.0. The fourth-order valence-corrected chi connectivity index (χ4v) is 4.06. The standard InChI is InChI=1S/C22H22N2O4S/c1-16(25)23-21-15-19(12-13-22(21)28-2)29(26,27)24-20-11-7-6-10-18(20)14-17-8-4-3-5-9-17/h3-13,15,24H,14H2,1-2H3,(H,23,25). The van der Waals surface area contributed by atoms with Crippen LogP contribution in [-0.2, 0) is 21.2 Å². The van der Waals surface area contributed by atoms with Gasteiger partial charge in [-0.15, -0.1) is 0 Å². The molecule has 0 unspecified atom stereocenters. The number of para-hydroxylation sites is 1. The molecule has 0 atom stereocenters. The number of sulfonamides is 1. The highest BCUT2D eigenvalue weighted by Gasteiger charge is 2.18. The van der Waals surface area contributed by atoms with Gasteiger partial charge >= 0.3 is 0 Å². The molecular weight excluding hydrogens is 388 g/mol. The van der Waals surface area contributed by atoms with Gasteiger partial charge in [-0.3, -0.25) is 9.52 Å². The molecule has 0 radical (unpaired) electrons. The lowest BCUT2D eigenvalue weighted by Gasteiger charge is -2.15. The van der Waals surface area contributed by atoms with Crippen LogP contribution in [0.25, 0.3) is 0 Å². The van der Waals surface area contributed by atoms with Crippen LogP contribution in [0.5, 0.6) is 5.75 Å². The second kappa shape index (κ2) is 8.79. The highest BCUT2D eigenvalue weighted by Crippen LogP contribution is 2.29. The lowest BCUT2D eigenvalue weighted by molar-refractivity contribution is -0.114. The third-order valence-corrected chi connectivity index (χ3v) is 5.65. The van der Waals surface area contributed by atoms with Crippen molar-refractivity contribution in [3.63, 3.8) is 0 Å². The monoisotopic (exact) mass is 410 g/mol. The zero-order chi connectivity index (χ0) is 20.9. The third-order valence-electron chi connectivity index (χ3n) is 4.29. The number of hydrogen-bond donors (Lipinski definition) is 2. The van der Waals surface area contributed by atoms with E-state index >= 15 is 0 Å². The minimum Gasteiger partial charge on any atom is -0.495 e. The van der Waals surface area contributed by atoms with Gasteiger partial charge in [-0.25, -0.2) is 8.42 Å². The molecule has 0 aliphatic heterocycles. The molecule has 0 saturated carbocycles. The Morgan fingerprint density at radius 3 is 2.31 bits per heavy atom. The lowest BCUT2D eigenvalue weighted by Crippen LogP contribution is -2.15. The molecule has 3 rings (SSSR count). The first-order valence-electron chi connectivity index (χ1n) is 8.99. The van der Waals surface area contributed by atoms with Crippen LogP contribution in [-0.4, -0.2) is 21.4 Å². The molecule has 29 heavy (non-hydrogen) atoms. The van der Waals surface area contributed by atoms with Crippen molar-refractivity contribution in [1.29, 1.82) is 0 Å². The summed E-state index contributed by atoms with van der Waals surface area (Å²) in [6, 6.07) is 21.4. The summed E-state index contributed by atoms with van der Waals surface area (Å²) in [5.41, 5.74) is 2.74. The largest absolute Gasteiger partial charge is 0.495 e. The van der Waals surface area contributed by atoms with E-state index in [1.54, 1.807) is 12.1 Å². The lowest BCUT2D eigenvalue weighted by atomic mass is 10.0. The number of benzene rings is 3. The highest BCUT2D eigenvalue weighted by molar-refractivity contribution is 7.92. The van der Waals surface area contributed by atoms with Crippen molar-refractivity contribution < 1.29 is 17.9 Å². The number of hydrogen-bond acceptors (Lipinski definition) is 4. The van der Waals surface area contributed by atoms with Crippen molar-refractivity contribution in [2.45, 2.75) is 18.2 Å². The normalized spacial score (nSPS) is 11.0. The predicted molar refractivity (Wildman–Crippen MR) is 114 cm³/mol. The number of nitrogens with one attached hydrogen (secondary N) is 2. The fourth-order valence-electron chi connectivity index (χ4n) is 2.94. The van der Waals surface area contributed by atoms with Crippen molar-refractivity contribution in [2.24, 2.45) is 0 Å². The molecule has 1 amide bonds. The summed E-state index contributed by atoms with van der Waals surface area (Å²) < 4.78 is 33.8. The average Bonchev–Trinajstić information content (AvgIpc) is 2.69. The first-order valence-corrected chi connectivity index (χ1v) is 10.5. The Hall–Kier alpha value is -3.32. The molecule has 150 valence electrons. The number of carbonyl (C=O) groups excluding carboxylic acids is 1. The van der Waals surface area contributed by atoms with Gasteiger partial charge in [0.05, 0.1) is 23.4 Å². The zero-order valence-corrected chi connectivity index (χ0v) is 17.0. The van der Waals surface area contributed by atoms with Crippen molar-refractivity contribution in [2.75, 3.05) is 17.1 Å². The Morgan fingerprint density at radius 2 is 1.62 bits per heavy atom. The first kappa shape index (κ1) is 20.4. The first-order chi connectivity index (χ1) is 13.9. The minimum atomic E-state index is -3.87. The molecule has 3 aromatic rings. The number of ether oxygens (including phenoxy) is 1. The molecule has 0 heterocycles. The minimum absolute atomic E-state index is 0.0246. The maximum Gasteiger partial charge on any atom is 0.261 e. The Morgan fingerprint density at radius 1 is 0.931 bits per heavy atom. The van der Waals surface area contributed by atoms with E-state index in [0.29, 0.717) is 23.5 Å². The van der Waals surface area contributed by atoms with Gasteiger partial charge in [-0.2, -0.15) is 0 Å². The Bertz CT molecular complexity index is 1110. The second-order valence-corrected chi connectivity index (χ2v) is 8.15. The van der Waals surface area contributed by atoms with Gasteiger partial charge in [0, 0.05) is 6.92 Å². The molecule has 3 aromatic carbocycles. The fraction of sp³-hybridized carbons (Fsp3) is 0.136. The SMILES string of the molecule is COc1ccc(S(=O)(=O)Nc2ccccc2Cc2ccccc2)cc1NC(C)=O. The van der Waals surface area contributed by atoms with Crippen LogP contribution in [0.2, 0.25) is 0 Å².